The first-order chi connectivity index (χ1) is 9.74. The molecule has 0 aliphatic carbocycles. The molecule has 1 aliphatic rings. The van der Waals surface area contributed by atoms with Crippen LogP contribution in [0.4, 0.5) is 0 Å². The zero-order valence-corrected chi connectivity index (χ0v) is 12.1. The van der Waals surface area contributed by atoms with E-state index in [2.05, 4.69) is 35.0 Å². The number of aryl methyl sites for hydroxylation is 1. The fourth-order valence-electron chi connectivity index (χ4n) is 2.72. The SMILES string of the molecule is Cc1cccc(Oc2cnn(C3CCCNC3)c2C)c1. The van der Waals surface area contributed by atoms with E-state index < -0.39 is 0 Å². The summed E-state index contributed by atoms with van der Waals surface area (Å²) < 4.78 is 8.05. The fourth-order valence-corrected chi connectivity index (χ4v) is 2.72. The van der Waals surface area contributed by atoms with E-state index in [1.807, 2.05) is 24.4 Å². The van der Waals surface area contributed by atoms with Crippen LogP contribution in [0, 0.1) is 13.8 Å². The largest absolute Gasteiger partial charge is 0.454 e. The second kappa shape index (κ2) is 5.67. The molecule has 20 heavy (non-hydrogen) atoms. The predicted molar refractivity (Wildman–Crippen MR) is 79.4 cm³/mol. The van der Waals surface area contributed by atoms with Crippen LogP contribution in [0.25, 0.3) is 0 Å². The molecule has 1 atom stereocenters. The van der Waals surface area contributed by atoms with Crippen LogP contribution in [0.15, 0.2) is 30.5 Å². The maximum atomic E-state index is 5.96. The van der Waals surface area contributed by atoms with E-state index in [9.17, 15) is 0 Å². The topological polar surface area (TPSA) is 39.1 Å². The van der Waals surface area contributed by atoms with Gasteiger partial charge in [0, 0.05) is 6.54 Å². The third-order valence-electron chi connectivity index (χ3n) is 3.83. The highest BCUT2D eigenvalue weighted by atomic mass is 16.5. The standard InChI is InChI=1S/C16H21N3O/c1-12-5-3-7-15(9-12)20-16-11-18-19(13(16)2)14-6-4-8-17-10-14/h3,5,7,9,11,14,17H,4,6,8,10H2,1-2H3. The van der Waals surface area contributed by atoms with Crippen molar-refractivity contribution in [2.75, 3.05) is 13.1 Å². The molecule has 2 aromatic rings. The van der Waals surface area contributed by atoms with Crippen molar-refractivity contribution in [1.82, 2.24) is 15.1 Å². The van der Waals surface area contributed by atoms with E-state index in [0.717, 1.165) is 30.3 Å². The molecule has 1 unspecified atom stereocenters. The lowest BCUT2D eigenvalue weighted by molar-refractivity contribution is 0.340. The Morgan fingerprint density at radius 2 is 2.25 bits per heavy atom. The normalized spacial score (nSPS) is 19.0. The van der Waals surface area contributed by atoms with Gasteiger partial charge in [0.2, 0.25) is 0 Å². The molecule has 3 rings (SSSR count). The molecule has 1 aromatic heterocycles. The molecular formula is C16H21N3O. The van der Waals surface area contributed by atoms with Crippen molar-refractivity contribution >= 4 is 0 Å². The Balaban J connectivity index is 1.79. The Hall–Kier alpha value is -1.81. The second-order valence-corrected chi connectivity index (χ2v) is 5.46. The minimum absolute atomic E-state index is 0.443. The quantitative estimate of drug-likeness (QED) is 0.931. The van der Waals surface area contributed by atoms with Gasteiger partial charge in [0.1, 0.15) is 5.75 Å². The van der Waals surface area contributed by atoms with Crippen molar-refractivity contribution in [2.45, 2.75) is 32.7 Å². The molecule has 1 aromatic carbocycles. The molecule has 1 fully saturated rings. The smallest absolute Gasteiger partial charge is 0.168 e. The van der Waals surface area contributed by atoms with Crippen LogP contribution < -0.4 is 10.1 Å². The van der Waals surface area contributed by atoms with Gasteiger partial charge in [-0.05, 0) is 50.9 Å². The number of rotatable bonds is 3. The average Bonchev–Trinajstić information content (AvgIpc) is 2.81. The van der Waals surface area contributed by atoms with Crippen LogP contribution in [0.1, 0.15) is 30.1 Å². The van der Waals surface area contributed by atoms with Crippen LogP contribution in [0.3, 0.4) is 0 Å². The van der Waals surface area contributed by atoms with Crippen molar-refractivity contribution in [3.05, 3.63) is 41.7 Å². The predicted octanol–water partition coefficient (Wildman–Crippen LogP) is 3.22. The number of nitrogens with zero attached hydrogens (tertiary/aromatic N) is 2. The van der Waals surface area contributed by atoms with Gasteiger partial charge in [-0.25, -0.2) is 0 Å². The van der Waals surface area contributed by atoms with E-state index in [1.165, 1.54) is 18.4 Å². The minimum atomic E-state index is 0.443. The molecule has 0 amide bonds. The molecule has 0 spiro atoms. The third-order valence-corrected chi connectivity index (χ3v) is 3.83. The van der Waals surface area contributed by atoms with Crippen LogP contribution in [0.2, 0.25) is 0 Å². The highest BCUT2D eigenvalue weighted by molar-refractivity contribution is 5.34. The van der Waals surface area contributed by atoms with E-state index in [4.69, 9.17) is 4.74 Å². The Morgan fingerprint density at radius 3 is 3.00 bits per heavy atom. The summed E-state index contributed by atoms with van der Waals surface area (Å²) >= 11 is 0. The maximum absolute atomic E-state index is 5.96. The molecule has 106 valence electrons. The maximum Gasteiger partial charge on any atom is 0.168 e. The van der Waals surface area contributed by atoms with Gasteiger partial charge in [0.05, 0.1) is 17.9 Å². The molecule has 4 nitrogen and oxygen atoms in total. The lowest BCUT2D eigenvalue weighted by Crippen LogP contribution is -2.32. The van der Waals surface area contributed by atoms with Crippen molar-refractivity contribution < 1.29 is 4.74 Å². The van der Waals surface area contributed by atoms with Gasteiger partial charge in [-0.15, -0.1) is 0 Å². The summed E-state index contributed by atoms with van der Waals surface area (Å²) in [4.78, 5) is 0. The van der Waals surface area contributed by atoms with Gasteiger partial charge in [-0.1, -0.05) is 12.1 Å². The molecule has 1 aliphatic heterocycles. The van der Waals surface area contributed by atoms with Crippen molar-refractivity contribution in [3.63, 3.8) is 0 Å². The van der Waals surface area contributed by atoms with Gasteiger partial charge in [-0.2, -0.15) is 5.10 Å². The first-order valence-electron chi connectivity index (χ1n) is 7.23. The molecule has 1 N–H and O–H groups in total. The molecule has 0 radical (unpaired) electrons. The van der Waals surface area contributed by atoms with Crippen molar-refractivity contribution in [1.29, 1.82) is 0 Å². The zero-order valence-electron chi connectivity index (χ0n) is 12.1. The van der Waals surface area contributed by atoms with Gasteiger partial charge >= 0.3 is 0 Å². The summed E-state index contributed by atoms with van der Waals surface area (Å²) in [5.74, 6) is 1.72. The van der Waals surface area contributed by atoms with Gasteiger partial charge in [0.25, 0.3) is 0 Å². The van der Waals surface area contributed by atoms with E-state index in [0.29, 0.717) is 6.04 Å². The Morgan fingerprint density at radius 1 is 1.35 bits per heavy atom. The monoisotopic (exact) mass is 271 g/mol. The highest BCUT2D eigenvalue weighted by Gasteiger charge is 2.19. The second-order valence-electron chi connectivity index (χ2n) is 5.46. The summed E-state index contributed by atoms with van der Waals surface area (Å²) in [7, 11) is 0. The Labute approximate surface area is 119 Å². The number of benzene rings is 1. The van der Waals surface area contributed by atoms with Crippen LogP contribution in [0.5, 0.6) is 11.5 Å². The number of nitrogens with one attached hydrogen (secondary N) is 1. The molecule has 0 saturated carbocycles. The average molecular weight is 271 g/mol. The van der Waals surface area contributed by atoms with Crippen LogP contribution >= 0.6 is 0 Å². The molecule has 4 heteroatoms. The summed E-state index contributed by atoms with van der Waals surface area (Å²) in [6.45, 7) is 6.25. The van der Waals surface area contributed by atoms with E-state index in [1.54, 1.807) is 0 Å². The Kier molecular flexibility index (Phi) is 3.74. The van der Waals surface area contributed by atoms with E-state index >= 15 is 0 Å². The number of aromatic nitrogens is 2. The lowest BCUT2D eigenvalue weighted by atomic mass is 10.1. The number of hydrogen-bond acceptors (Lipinski definition) is 3. The summed E-state index contributed by atoms with van der Waals surface area (Å²) in [5.41, 5.74) is 2.30. The van der Waals surface area contributed by atoms with Gasteiger partial charge < -0.3 is 10.1 Å². The lowest BCUT2D eigenvalue weighted by Gasteiger charge is -2.24. The molecule has 1 saturated heterocycles. The molecular weight excluding hydrogens is 250 g/mol. The number of piperidine rings is 1. The minimum Gasteiger partial charge on any atom is -0.454 e. The number of ether oxygens (including phenoxy) is 1. The first-order valence-corrected chi connectivity index (χ1v) is 7.23. The molecule has 2 heterocycles. The van der Waals surface area contributed by atoms with Crippen molar-refractivity contribution in [3.8, 4) is 11.5 Å². The molecule has 0 bridgehead atoms. The van der Waals surface area contributed by atoms with Crippen LogP contribution in [-0.2, 0) is 0 Å². The zero-order chi connectivity index (χ0) is 13.9. The fraction of sp³-hybridized carbons (Fsp3) is 0.438. The first kappa shape index (κ1) is 13.2. The third kappa shape index (κ3) is 2.70. The van der Waals surface area contributed by atoms with E-state index in [-0.39, 0.29) is 0 Å². The number of hydrogen-bond donors (Lipinski definition) is 1. The summed E-state index contributed by atoms with van der Waals surface area (Å²) in [5, 5.41) is 7.93. The Bertz CT molecular complexity index is 585. The van der Waals surface area contributed by atoms with Gasteiger partial charge in [0.15, 0.2) is 5.75 Å². The van der Waals surface area contributed by atoms with Gasteiger partial charge in [-0.3, -0.25) is 4.68 Å². The summed E-state index contributed by atoms with van der Waals surface area (Å²) in [6, 6.07) is 8.54. The van der Waals surface area contributed by atoms with Crippen LogP contribution in [-0.4, -0.2) is 22.9 Å². The van der Waals surface area contributed by atoms with Crippen molar-refractivity contribution in [2.24, 2.45) is 0 Å². The highest BCUT2D eigenvalue weighted by Crippen LogP contribution is 2.28. The summed E-state index contributed by atoms with van der Waals surface area (Å²) in [6.07, 6.45) is 4.21.